The second kappa shape index (κ2) is 12.7. The summed E-state index contributed by atoms with van der Waals surface area (Å²) in [5.74, 6) is 3.84. The van der Waals surface area contributed by atoms with Crippen molar-refractivity contribution in [3.63, 3.8) is 0 Å². The van der Waals surface area contributed by atoms with E-state index in [9.17, 15) is 8.42 Å². The maximum absolute atomic E-state index is 12.2. The fourth-order valence-electron chi connectivity index (χ4n) is 3.98. The van der Waals surface area contributed by atoms with Crippen LogP contribution in [-0.4, -0.2) is 49.1 Å². The Labute approximate surface area is 236 Å². The van der Waals surface area contributed by atoms with Crippen molar-refractivity contribution >= 4 is 40.7 Å². The molecule has 0 N–H and O–H groups in total. The number of rotatable bonds is 13. The highest BCUT2D eigenvalue weighted by atomic mass is 32.2. The molecule has 4 aromatic rings. The number of ether oxygens (including phenoxy) is 2. The largest absolute Gasteiger partial charge is 0.457 e. The molecule has 0 bridgehead atoms. The van der Waals surface area contributed by atoms with Gasteiger partial charge in [-0.15, -0.1) is 0 Å². The van der Waals surface area contributed by atoms with E-state index in [0.29, 0.717) is 29.7 Å². The van der Waals surface area contributed by atoms with Gasteiger partial charge in [-0.25, -0.2) is 13.4 Å². The lowest BCUT2D eigenvalue weighted by atomic mass is 10.2. The summed E-state index contributed by atoms with van der Waals surface area (Å²) in [6.07, 6.45) is 1.77. The first-order valence-electron chi connectivity index (χ1n) is 13.2. The molecule has 0 fully saturated rings. The summed E-state index contributed by atoms with van der Waals surface area (Å²) in [4.78, 5) is 9.82. The van der Waals surface area contributed by atoms with Gasteiger partial charge in [0.2, 0.25) is 0 Å². The van der Waals surface area contributed by atoms with Crippen molar-refractivity contribution in [2.75, 3.05) is 18.1 Å². The number of hydrogen-bond acceptors (Lipinski definition) is 7. The number of nitrogens with zero attached hydrogens (tertiary/aromatic N) is 3. The molecule has 0 unspecified atom stereocenters. The van der Waals surface area contributed by atoms with Crippen molar-refractivity contribution in [1.82, 2.24) is 14.5 Å². The Morgan fingerprint density at radius 3 is 2.44 bits per heavy atom. The molecule has 0 aliphatic carbocycles. The van der Waals surface area contributed by atoms with E-state index in [-0.39, 0.29) is 5.75 Å². The minimum Gasteiger partial charge on any atom is -0.457 e. The number of imidazole rings is 1. The topological polar surface area (TPSA) is 83.3 Å². The first kappa shape index (κ1) is 29.3. The zero-order chi connectivity index (χ0) is 28.0. The minimum absolute atomic E-state index is 0.0604. The number of hydrogen-bond donors (Lipinski definition) is 0. The van der Waals surface area contributed by atoms with Crippen LogP contribution in [0.25, 0.3) is 22.6 Å². The molecular formula is C29H37N3O4S2Si. The monoisotopic (exact) mass is 583 g/mol. The molecule has 0 aliphatic heterocycles. The fraction of sp³-hybridized carbons (Fsp3) is 0.379. The molecule has 0 saturated heterocycles. The van der Waals surface area contributed by atoms with Crippen molar-refractivity contribution in [2.45, 2.75) is 56.9 Å². The van der Waals surface area contributed by atoms with Gasteiger partial charge in [-0.3, -0.25) is 9.55 Å². The highest BCUT2D eigenvalue weighted by Gasteiger charge is 2.19. The zero-order valence-corrected chi connectivity index (χ0v) is 25.9. The molecule has 208 valence electrons. The molecule has 4 rings (SSSR count). The summed E-state index contributed by atoms with van der Waals surface area (Å²) < 4.78 is 39.1. The van der Waals surface area contributed by atoms with E-state index in [1.165, 1.54) is 0 Å². The van der Waals surface area contributed by atoms with Gasteiger partial charge >= 0.3 is 0 Å². The fourth-order valence-corrected chi connectivity index (χ4v) is 6.27. The van der Waals surface area contributed by atoms with E-state index >= 15 is 0 Å². The maximum atomic E-state index is 12.2. The zero-order valence-electron chi connectivity index (χ0n) is 23.3. The molecule has 0 radical (unpaired) electrons. The van der Waals surface area contributed by atoms with Crippen LogP contribution in [0.5, 0.6) is 11.5 Å². The average molecular weight is 584 g/mol. The van der Waals surface area contributed by atoms with Gasteiger partial charge < -0.3 is 9.47 Å². The van der Waals surface area contributed by atoms with Gasteiger partial charge in [0.25, 0.3) is 0 Å². The first-order chi connectivity index (χ1) is 18.6. The number of fused-ring (bicyclic) bond motifs is 1. The third kappa shape index (κ3) is 7.51. The van der Waals surface area contributed by atoms with Crippen LogP contribution in [0, 0.1) is 0 Å². The van der Waals surface area contributed by atoms with Gasteiger partial charge in [-0.2, -0.15) is 11.8 Å². The standard InChI is InChI=1S/C29H37N3O4S2Si/c1-6-37-20-22-18-26-27(19-28(22)36-23-11-13-24(14-12-23)38(33,34)7-2)32(21-35-16-17-39(3,4)5)29(31-26)25-10-8-9-15-30-25/h8-15,18-19H,6-7,16-17,20-21H2,1-5H3. The predicted octanol–water partition coefficient (Wildman–Crippen LogP) is 7.25. The van der Waals surface area contributed by atoms with Crippen molar-refractivity contribution in [3.8, 4) is 23.0 Å². The van der Waals surface area contributed by atoms with Gasteiger partial charge in [0.05, 0.1) is 21.7 Å². The number of aromatic nitrogens is 3. The lowest BCUT2D eigenvalue weighted by Crippen LogP contribution is -2.22. The highest BCUT2D eigenvalue weighted by Crippen LogP contribution is 2.35. The summed E-state index contributed by atoms with van der Waals surface area (Å²) in [6, 6.07) is 17.6. The minimum atomic E-state index is -3.27. The molecule has 0 atom stereocenters. The Morgan fingerprint density at radius 1 is 1.03 bits per heavy atom. The molecular weight excluding hydrogens is 547 g/mol. The Kier molecular flexibility index (Phi) is 9.53. The van der Waals surface area contributed by atoms with Crippen molar-refractivity contribution < 1.29 is 17.9 Å². The predicted molar refractivity (Wildman–Crippen MR) is 163 cm³/mol. The smallest absolute Gasteiger partial charge is 0.178 e. The van der Waals surface area contributed by atoms with Crippen molar-refractivity contribution in [3.05, 3.63) is 66.4 Å². The number of thioether (sulfide) groups is 1. The summed E-state index contributed by atoms with van der Waals surface area (Å²) >= 11 is 1.80. The van der Waals surface area contributed by atoms with Crippen LogP contribution < -0.4 is 4.74 Å². The van der Waals surface area contributed by atoms with Crippen LogP contribution in [0.4, 0.5) is 0 Å². The normalized spacial score (nSPS) is 12.2. The SMILES string of the molecule is CCSCc1cc2nc(-c3ccccn3)n(COCC[Si](C)(C)C)c2cc1Oc1ccc(S(=O)(=O)CC)cc1. The Hall–Kier alpha value is -2.66. The summed E-state index contributed by atoms with van der Waals surface area (Å²) in [6.45, 7) is 11.8. The molecule has 2 aromatic heterocycles. The van der Waals surface area contributed by atoms with Crippen LogP contribution in [0.15, 0.2) is 65.7 Å². The second-order valence-corrected chi connectivity index (χ2v) is 19.7. The maximum Gasteiger partial charge on any atom is 0.178 e. The van der Waals surface area contributed by atoms with E-state index in [2.05, 4.69) is 42.2 Å². The van der Waals surface area contributed by atoms with Crippen LogP contribution in [-0.2, 0) is 27.1 Å². The third-order valence-electron chi connectivity index (χ3n) is 6.29. The van der Waals surface area contributed by atoms with Gasteiger partial charge in [-0.05, 0) is 54.3 Å². The van der Waals surface area contributed by atoms with Gasteiger partial charge in [-0.1, -0.05) is 39.6 Å². The Bertz CT molecular complexity index is 1500. The van der Waals surface area contributed by atoms with Crippen molar-refractivity contribution in [2.24, 2.45) is 0 Å². The first-order valence-corrected chi connectivity index (χ1v) is 19.7. The summed E-state index contributed by atoms with van der Waals surface area (Å²) in [5, 5.41) is 0. The highest BCUT2D eigenvalue weighted by molar-refractivity contribution is 7.98. The molecule has 7 nitrogen and oxygen atoms in total. The lowest BCUT2D eigenvalue weighted by Gasteiger charge is -2.17. The van der Waals surface area contributed by atoms with E-state index in [1.54, 1.807) is 49.1 Å². The van der Waals surface area contributed by atoms with Crippen LogP contribution in [0.1, 0.15) is 19.4 Å². The molecule has 2 aromatic carbocycles. The van der Waals surface area contributed by atoms with Crippen LogP contribution in [0.2, 0.25) is 25.7 Å². The Balaban J connectivity index is 1.74. The van der Waals surface area contributed by atoms with E-state index in [4.69, 9.17) is 14.5 Å². The van der Waals surface area contributed by atoms with Crippen LogP contribution >= 0.6 is 11.8 Å². The molecule has 0 saturated carbocycles. The lowest BCUT2D eigenvalue weighted by molar-refractivity contribution is 0.0909. The molecule has 10 heteroatoms. The number of benzene rings is 2. The van der Waals surface area contributed by atoms with Gasteiger partial charge in [0, 0.05) is 38.3 Å². The third-order valence-corrected chi connectivity index (χ3v) is 10.7. The molecule has 2 heterocycles. The van der Waals surface area contributed by atoms with E-state index in [0.717, 1.165) is 45.7 Å². The van der Waals surface area contributed by atoms with E-state index in [1.807, 2.05) is 24.3 Å². The average Bonchev–Trinajstić information content (AvgIpc) is 3.27. The molecule has 0 aliphatic rings. The molecule has 0 spiro atoms. The molecule has 39 heavy (non-hydrogen) atoms. The Morgan fingerprint density at radius 2 is 1.79 bits per heavy atom. The summed E-state index contributed by atoms with van der Waals surface area (Å²) in [7, 11) is -4.50. The van der Waals surface area contributed by atoms with Gasteiger partial charge in [0.15, 0.2) is 15.7 Å². The molecule has 0 amide bonds. The van der Waals surface area contributed by atoms with E-state index < -0.39 is 17.9 Å². The van der Waals surface area contributed by atoms with Gasteiger partial charge in [0.1, 0.15) is 23.9 Å². The van der Waals surface area contributed by atoms with Crippen LogP contribution in [0.3, 0.4) is 0 Å². The number of sulfone groups is 1. The second-order valence-electron chi connectivity index (χ2n) is 10.5. The summed E-state index contributed by atoms with van der Waals surface area (Å²) in [5.41, 5.74) is 3.56. The number of pyridine rings is 1. The quantitative estimate of drug-likeness (QED) is 0.121. The van der Waals surface area contributed by atoms with Crippen molar-refractivity contribution in [1.29, 1.82) is 0 Å².